The van der Waals surface area contributed by atoms with Crippen LogP contribution < -0.4 is 4.90 Å². The van der Waals surface area contributed by atoms with Crippen molar-refractivity contribution in [3.8, 4) is 22.3 Å². The molecule has 1 fully saturated rings. The summed E-state index contributed by atoms with van der Waals surface area (Å²) in [6.07, 6.45) is 11.4. The van der Waals surface area contributed by atoms with Gasteiger partial charge in [-0.1, -0.05) is 35.9 Å². The number of hydrogen-bond acceptors (Lipinski definition) is 4. The summed E-state index contributed by atoms with van der Waals surface area (Å²) in [6.45, 7) is 2.15. The SMILES string of the molecule is Clc1cc(-c2cnc3c(-c4ccnc5ccccc45)cnn3c2)ccc1N1CCCCC1. The summed E-state index contributed by atoms with van der Waals surface area (Å²) in [4.78, 5) is 11.6. The first kappa shape index (κ1) is 19.3. The van der Waals surface area contributed by atoms with E-state index in [1.807, 2.05) is 59.6 Å². The molecule has 1 saturated heterocycles. The van der Waals surface area contributed by atoms with Gasteiger partial charge in [0.1, 0.15) is 0 Å². The molecule has 6 rings (SSSR count). The minimum Gasteiger partial charge on any atom is -0.370 e. The molecule has 0 radical (unpaired) electrons. The van der Waals surface area contributed by atoms with Gasteiger partial charge in [-0.3, -0.25) is 4.98 Å². The number of para-hydroxylation sites is 1. The summed E-state index contributed by atoms with van der Waals surface area (Å²) >= 11 is 6.68. The molecule has 0 N–H and O–H groups in total. The number of fused-ring (bicyclic) bond motifs is 2. The Morgan fingerprint density at radius 1 is 0.812 bits per heavy atom. The van der Waals surface area contributed by atoms with Crippen LogP contribution in [0.3, 0.4) is 0 Å². The number of halogens is 1. The fraction of sp³-hybridized carbons (Fsp3) is 0.192. The molecule has 5 nitrogen and oxygen atoms in total. The van der Waals surface area contributed by atoms with Gasteiger partial charge in [0.05, 0.1) is 22.4 Å². The molecular formula is C26H22ClN5. The molecule has 2 aromatic carbocycles. The van der Waals surface area contributed by atoms with Crippen molar-refractivity contribution in [2.24, 2.45) is 0 Å². The molecule has 32 heavy (non-hydrogen) atoms. The van der Waals surface area contributed by atoms with E-state index in [4.69, 9.17) is 16.6 Å². The van der Waals surface area contributed by atoms with Crippen molar-refractivity contribution in [2.75, 3.05) is 18.0 Å². The van der Waals surface area contributed by atoms with E-state index in [0.29, 0.717) is 0 Å². The van der Waals surface area contributed by atoms with Crippen molar-refractivity contribution >= 4 is 33.8 Å². The third-order valence-electron chi connectivity index (χ3n) is 6.27. The van der Waals surface area contributed by atoms with Gasteiger partial charge in [0, 0.05) is 48.2 Å². The lowest BCUT2D eigenvalue weighted by Gasteiger charge is -2.29. The normalized spacial score (nSPS) is 14.3. The maximum Gasteiger partial charge on any atom is 0.162 e. The Kier molecular flexibility index (Phi) is 4.76. The molecule has 1 aliphatic rings. The maximum atomic E-state index is 6.68. The predicted octanol–water partition coefficient (Wildman–Crippen LogP) is 6.26. The summed E-state index contributed by atoms with van der Waals surface area (Å²) in [5, 5.41) is 6.47. The van der Waals surface area contributed by atoms with E-state index < -0.39 is 0 Å². The highest BCUT2D eigenvalue weighted by Crippen LogP contribution is 2.34. The van der Waals surface area contributed by atoms with Crippen molar-refractivity contribution in [3.63, 3.8) is 0 Å². The van der Waals surface area contributed by atoms with Crippen LogP contribution in [0.5, 0.6) is 0 Å². The standard InChI is InChI=1S/C26H22ClN5/c27-23-14-18(8-9-25(23)31-12-4-1-5-13-31)19-15-29-26-22(16-30-32(26)17-19)20-10-11-28-24-7-3-2-6-21(20)24/h2-3,6-11,14-17H,1,4-5,12-13H2. The van der Waals surface area contributed by atoms with Crippen LogP contribution in [0.1, 0.15) is 19.3 Å². The van der Waals surface area contributed by atoms with Gasteiger partial charge in [0.15, 0.2) is 5.65 Å². The zero-order valence-electron chi connectivity index (χ0n) is 17.6. The molecule has 158 valence electrons. The van der Waals surface area contributed by atoms with Gasteiger partial charge in [0.25, 0.3) is 0 Å². The molecule has 5 aromatic rings. The second kappa shape index (κ2) is 7.92. The van der Waals surface area contributed by atoms with Gasteiger partial charge in [-0.05, 0) is 54.7 Å². The largest absolute Gasteiger partial charge is 0.370 e. The van der Waals surface area contributed by atoms with Crippen LogP contribution in [0.2, 0.25) is 5.02 Å². The summed E-state index contributed by atoms with van der Waals surface area (Å²) in [6, 6.07) is 16.5. The number of piperidine rings is 1. The van der Waals surface area contributed by atoms with Crippen molar-refractivity contribution in [1.82, 2.24) is 19.6 Å². The van der Waals surface area contributed by atoms with Gasteiger partial charge in [-0.25, -0.2) is 9.50 Å². The van der Waals surface area contributed by atoms with E-state index in [0.717, 1.165) is 62.6 Å². The second-order valence-electron chi connectivity index (χ2n) is 8.26. The third-order valence-corrected chi connectivity index (χ3v) is 6.58. The van der Waals surface area contributed by atoms with Crippen LogP contribution in [-0.2, 0) is 0 Å². The molecule has 4 heterocycles. The lowest BCUT2D eigenvalue weighted by atomic mass is 10.0. The molecule has 0 bridgehead atoms. The van der Waals surface area contributed by atoms with Crippen molar-refractivity contribution in [2.45, 2.75) is 19.3 Å². The molecule has 0 spiro atoms. The fourth-order valence-corrected chi connectivity index (χ4v) is 4.92. The zero-order chi connectivity index (χ0) is 21.5. The van der Waals surface area contributed by atoms with Crippen molar-refractivity contribution < 1.29 is 0 Å². The van der Waals surface area contributed by atoms with E-state index in [1.165, 1.54) is 19.3 Å². The van der Waals surface area contributed by atoms with E-state index in [9.17, 15) is 0 Å². The van der Waals surface area contributed by atoms with Gasteiger partial charge in [0.2, 0.25) is 0 Å². The Bertz CT molecular complexity index is 1430. The summed E-state index contributed by atoms with van der Waals surface area (Å²) < 4.78 is 1.84. The summed E-state index contributed by atoms with van der Waals surface area (Å²) in [5.41, 5.74) is 7.00. The van der Waals surface area contributed by atoms with Crippen molar-refractivity contribution in [1.29, 1.82) is 0 Å². The number of pyridine rings is 1. The van der Waals surface area contributed by atoms with Crippen LogP contribution in [0.4, 0.5) is 5.69 Å². The number of nitrogens with zero attached hydrogens (tertiary/aromatic N) is 5. The molecule has 0 saturated carbocycles. The number of hydrogen-bond donors (Lipinski definition) is 0. The number of benzene rings is 2. The van der Waals surface area contributed by atoms with Crippen LogP contribution in [-0.4, -0.2) is 32.7 Å². The van der Waals surface area contributed by atoms with E-state index in [-0.39, 0.29) is 0 Å². The smallest absolute Gasteiger partial charge is 0.162 e. The fourth-order valence-electron chi connectivity index (χ4n) is 4.62. The molecule has 6 heteroatoms. The summed E-state index contributed by atoms with van der Waals surface area (Å²) in [7, 11) is 0. The topological polar surface area (TPSA) is 46.3 Å². The Hall–Kier alpha value is -3.44. The molecule has 3 aromatic heterocycles. The Labute approximate surface area is 191 Å². The first-order valence-corrected chi connectivity index (χ1v) is 11.4. The highest BCUT2D eigenvalue weighted by molar-refractivity contribution is 6.33. The Balaban J connectivity index is 1.38. The van der Waals surface area contributed by atoms with E-state index >= 15 is 0 Å². The van der Waals surface area contributed by atoms with E-state index in [1.54, 1.807) is 0 Å². The minimum atomic E-state index is 0.786. The van der Waals surface area contributed by atoms with Crippen molar-refractivity contribution in [3.05, 3.63) is 78.3 Å². The maximum absolute atomic E-state index is 6.68. The Morgan fingerprint density at radius 2 is 1.69 bits per heavy atom. The molecular weight excluding hydrogens is 418 g/mol. The Morgan fingerprint density at radius 3 is 2.56 bits per heavy atom. The van der Waals surface area contributed by atoms with Gasteiger partial charge >= 0.3 is 0 Å². The van der Waals surface area contributed by atoms with Crippen LogP contribution >= 0.6 is 11.6 Å². The monoisotopic (exact) mass is 439 g/mol. The zero-order valence-corrected chi connectivity index (χ0v) is 18.3. The highest BCUT2D eigenvalue weighted by atomic mass is 35.5. The molecule has 0 amide bonds. The van der Waals surface area contributed by atoms with Gasteiger partial charge < -0.3 is 4.90 Å². The van der Waals surface area contributed by atoms with Gasteiger partial charge in [-0.2, -0.15) is 5.10 Å². The molecule has 0 aliphatic carbocycles. The number of aromatic nitrogens is 4. The average Bonchev–Trinajstić information content (AvgIpc) is 3.27. The lowest BCUT2D eigenvalue weighted by molar-refractivity contribution is 0.578. The molecule has 0 unspecified atom stereocenters. The first-order chi connectivity index (χ1) is 15.8. The van der Waals surface area contributed by atoms with Gasteiger partial charge in [-0.15, -0.1) is 0 Å². The highest BCUT2D eigenvalue weighted by Gasteiger charge is 2.16. The number of rotatable bonds is 3. The number of anilines is 1. The quantitative estimate of drug-likeness (QED) is 0.333. The minimum absolute atomic E-state index is 0.786. The molecule has 0 atom stereocenters. The average molecular weight is 440 g/mol. The lowest BCUT2D eigenvalue weighted by Crippen LogP contribution is -2.29. The predicted molar refractivity (Wildman–Crippen MR) is 130 cm³/mol. The summed E-state index contributed by atoms with van der Waals surface area (Å²) in [5.74, 6) is 0. The third kappa shape index (κ3) is 3.30. The first-order valence-electron chi connectivity index (χ1n) is 11.0. The molecule has 1 aliphatic heterocycles. The van der Waals surface area contributed by atoms with Crippen LogP contribution in [0.15, 0.2) is 73.3 Å². The van der Waals surface area contributed by atoms with Crippen LogP contribution in [0.25, 0.3) is 38.8 Å². The second-order valence-corrected chi connectivity index (χ2v) is 8.67. The van der Waals surface area contributed by atoms with Crippen LogP contribution in [0, 0.1) is 0 Å². The van der Waals surface area contributed by atoms with E-state index in [2.05, 4.69) is 33.2 Å².